The Bertz CT molecular complexity index is 729. The average molecular weight is 370 g/mol. The van der Waals surface area contributed by atoms with E-state index in [1.165, 1.54) is 0 Å². The molecule has 1 aromatic carbocycles. The number of hydrogen-bond acceptors (Lipinski definition) is 4. The van der Waals surface area contributed by atoms with Crippen LogP contribution in [0.25, 0.3) is 0 Å². The molecule has 0 spiro atoms. The van der Waals surface area contributed by atoms with Crippen molar-refractivity contribution >= 4 is 17.7 Å². The molecule has 2 aromatic rings. The normalized spacial score (nSPS) is 14.5. The van der Waals surface area contributed by atoms with Crippen LogP contribution in [0.1, 0.15) is 30.1 Å². The zero-order valence-corrected chi connectivity index (χ0v) is 14.1. The van der Waals surface area contributed by atoms with Crippen molar-refractivity contribution in [1.82, 2.24) is 20.1 Å². The second-order valence-corrected chi connectivity index (χ2v) is 6.81. The van der Waals surface area contributed by atoms with E-state index in [9.17, 15) is 18.0 Å². The summed E-state index contributed by atoms with van der Waals surface area (Å²) in [6.07, 6.45) is -2.29. The molecule has 3 rings (SSSR count). The molecule has 0 unspecified atom stereocenters. The van der Waals surface area contributed by atoms with Crippen molar-refractivity contribution in [3.05, 3.63) is 41.7 Å². The fourth-order valence-corrected chi connectivity index (χ4v) is 3.12. The summed E-state index contributed by atoms with van der Waals surface area (Å²) in [6.45, 7) is -0.747. The molecule has 0 radical (unpaired) electrons. The molecule has 1 fully saturated rings. The average Bonchev–Trinajstić information content (AvgIpc) is 3.34. The third kappa shape index (κ3) is 5.22. The second-order valence-electron chi connectivity index (χ2n) is 5.87. The molecule has 1 saturated carbocycles. The van der Waals surface area contributed by atoms with Gasteiger partial charge in [-0.15, -0.1) is 10.2 Å². The Morgan fingerprint density at radius 2 is 1.96 bits per heavy atom. The maximum atomic E-state index is 12.1. The highest BCUT2D eigenvalue weighted by atomic mass is 32.2. The van der Waals surface area contributed by atoms with Gasteiger partial charge >= 0.3 is 6.18 Å². The van der Waals surface area contributed by atoms with E-state index in [0.717, 1.165) is 36.0 Å². The third-order valence-electron chi connectivity index (χ3n) is 3.69. The highest BCUT2D eigenvalue weighted by Crippen LogP contribution is 2.40. The number of hydrogen-bond donors (Lipinski definition) is 1. The number of amides is 1. The van der Waals surface area contributed by atoms with E-state index in [1.54, 1.807) is 0 Å². The summed E-state index contributed by atoms with van der Waals surface area (Å²) in [5.74, 6) is 0.449. The van der Waals surface area contributed by atoms with Gasteiger partial charge in [-0.1, -0.05) is 42.1 Å². The summed E-state index contributed by atoms with van der Waals surface area (Å²) in [5.41, 5.74) is 1.08. The molecule has 0 saturated heterocycles. The molecular formula is C16H17F3N4OS. The number of rotatable bonds is 7. The van der Waals surface area contributed by atoms with Crippen LogP contribution in [0.4, 0.5) is 13.2 Å². The van der Waals surface area contributed by atoms with Gasteiger partial charge < -0.3 is 9.88 Å². The van der Waals surface area contributed by atoms with Crippen molar-refractivity contribution in [2.75, 3.05) is 12.3 Å². The van der Waals surface area contributed by atoms with Gasteiger partial charge in [0.25, 0.3) is 0 Å². The molecule has 1 aromatic heterocycles. The Hall–Kier alpha value is -2.03. The molecule has 1 amide bonds. The lowest BCUT2D eigenvalue weighted by Gasteiger charge is -2.10. The lowest BCUT2D eigenvalue weighted by atomic mass is 10.2. The highest BCUT2D eigenvalue weighted by Gasteiger charge is 2.31. The Balaban J connectivity index is 1.66. The van der Waals surface area contributed by atoms with Crippen molar-refractivity contribution in [2.24, 2.45) is 0 Å². The molecule has 1 heterocycles. The second kappa shape index (κ2) is 7.47. The summed E-state index contributed by atoms with van der Waals surface area (Å²) in [6, 6.07) is 9.78. The quantitative estimate of drug-likeness (QED) is 0.762. The van der Waals surface area contributed by atoms with E-state index >= 15 is 0 Å². The van der Waals surface area contributed by atoms with Gasteiger partial charge in [0.15, 0.2) is 5.16 Å². The first-order valence-corrected chi connectivity index (χ1v) is 8.84. The van der Waals surface area contributed by atoms with Gasteiger partial charge in [0.05, 0.1) is 12.3 Å². The van der Waals surface area contributed by atoms with Crippen LogP contribution in [0.3, 0.4) is 0 Å². The monoisotopic (exact) mass is 370 g/mol. The lowest BCUT2D eigenvalue weighted by molar-refractivity contribution is -0.136. The Morgan fingerprint density at radius 3 is 2.60 bits per heavy atom. The van der Waals surface area contributed by atoms with E-state index in [4.69, 9.17) is 0 Å². The van der Waals surface area contributed by atoms with E-state index in [1.807, 2.05) is 40.2 Å². The fraction of sp³-hybridized carbons (Fsp3) is 0.438. The molecule has 0 bridgehead atoms. The number of aromatic nitrogens is 3. The number of nitrogens with one attached hydrogen (secondary N) is 1. The van der Waals surface area contributed by atoms with Crippen LogP contribution in [0.2, 0.25) is 0 Å². The van der Waals surface area contributed by atoms with Crippen LogP contribution in [0.5, 0.6) is 0 Å². The molecule has 25 heavy (non-hydrogen) atoms. The summed E-state index contributed by atoms with van der Waals surface area (Å²) in [7, 11) is 0. The summed E-state index contributed by atoms with van der Waals surface area (Å²) in [5, 5.41) is 10.8. The van der Waals surface area contributed by atoms with Gasteiger partial charge in [-0.2, -0.15) is 13.2 Å². The van der Waals surface area contributed by atoms with Crippen LogP contribution >= 0.6 is 11.8 Å². The third-order valence-corrected chi connectivity index (χ3v) is 4.66. The van der Waals surface area contributed by atoms with Gasteiger partial charge in [-0.25, -0.2) is 0 Å². The topological polar surface area (TPSA) is 59.8 Å². The molecule has 0 aliphatic heterocycles. The largest absolute Gasteiger partial charge is 0.405 e. The number of benzene rings is 1. The maximum Gasteiger partial charge on any atom is 0.405 e. The van der Waals surface area contributed by atoms with Gasteiger partial charge in [0, 0.05) is 5.92 Å². The molecule has 5 nitrogen and oxygen atoms in total. The Kier molecular flexibility index (Phi) is 5.31. The van der Waals surface area contributed by atoms with Crippen molar-refractivity contribution in [3.63, 3.8) is 0 Å². The number of thioether (sulfide) groups is 1. The summed E-state index contributed by atoms with van der Waals surface area (Å²) in [4.78, 5) is 11.6. The van der Waals surface area contributed by atoms with Crippen molar-refractivity contribution < 1.29 is 18.0 Å². The zero-order chi connectivity index (χ0) is 17.9. The number of alkyl halides is 3. The number of carbonyl (C=O) groups excluding carboxylic acids is 1. The maximum absolute atomic E-state index is 12.1. The van der Waals surface area contributed by atoms with Crippen molar-refractivity contribution in [1.29, 1.82) is 0 Å². The highest BCUT2D eigenvalue weighted by molar-refractivity contribution is 7.99. The lowest BCUT2D eigenvalue weighted by Crippen LogP contribution is -2.34. The SMILES string of the molecule is O=C(CSc1nnc(C2CC2)n1Cc1ccccc1)NCC(F)(F)F. The molecule has 1 aliphatic rings. The van der Waals surface area contributed by atoms with Crippen LogP contribution in [0, 0.1) is 0 Å². The van der Waals surface area contributed by atoms with Gasteiger partial charge in [-0.05, 0) is 18.4 Å². The van der Waals surface area contributed by atoms with E-state index in [2.05, 4.69) is 10.2 Å². The zero-order valence-electron chi connectivity index (χ0n) is 13.3. The Labute approximate surface area is 147 Å². The van der Waals surface area contributed by atoms with Crippen LogP contribution in [0.15, 0.2) is 35.5 Å². The standard InChI is InChI=1S/C16H17F3N4OS/c17-16(18,19)10-20-13(24)9-25-15-22-21-14(12-6-7-12)23(15)8-11-4-2-1-3-5-11/h1-5,12H,6-10H2,(H,20,24). The van der Waals surface area contributed by atoms with Gasteiger partial charge in [0.1, 0.15) is 12.4 Å². The molecule has 1 aliphatic carbocycles. The smallest absolute Gasteiger partial charge is 0.346 e. The first-order valence-electron chi connectivity index (χ1n) is 7.85. The van der Waals surface area contributed by atoms with E-state index < -0.39 is 18.6 Å². The summed E-state index contributed by atoms with van der Waals surface area (Å²) < 4.78 is 38.4. The number of halogens is 3. The van der Waals surface area contributed by atoms with E-state index in [-0.39, 0.29) is 5.75 Å². The first kappa shape index (κ1) is 17.8. The predicted molar refractivity (Wildman–Crippen MR) is 87.3 cm³/mol. The summed E-state index contributed by atoms with van der Waals surface area (Å²) >= 11 is 1.10. The van der Waals surface area contributed by atoms with Gasteiger partial charge in [-0.3, -0.25) is 4.79 Å². The molecule has 134 valence electrons. The number of nitrogens with zero attached hydrogens (tertiary/aromatic N) is 3. The van der Waals surface area contributed by atoms with Crippen LogP contribution < -0.4 is 5.32 Å². The predicted octanol–water partition coefficient (Wildman–Crippen LogP) is 2.97. The van der Waals surface area contributed by atoms with Crippen LogP contribution in [-0.2, 0) is 11.3 Å². The molecule has 0 atom stereocenters. The fourth-order valence-electron chi connectivity index (χ4n) is 2.34. The van der Waals surface area contributed by atoms with Crippen LogP contribution in [-0.4, -0.2) is 39.1 Å². The van der Waals surface area contributed by atoms with Crippen molar-refractivity contribution in [3.8, 4) is 0 Å². The van der Waals surface area contributed by atoms with E-state index in [0.29, 0.717) is 17.6 Å². The molecule has 1 N–H and O–H groups in total. The number of carbonyl (C=O) groups is 1. The minimum absolute atomic E-state index is 0.131. The van der Waals surface area contributed by atoms with Crippen molar-refractivity contribution in [2.45, 2.75) is 36.6 Å². The molecule has 9 heteroatoms. The Morgan fingerprint density at radius 1 is 1.24 bits per heavy atom. The van der Waals surface area contributed by atoms with Gasteiger partial charge in [0.2, 0.25) is 5.91 Å². The minimum Gasteiger partial charge on any atom is -0.346 e. The minimum atomic E-state index is -4.41. The molecular weight excluding hydrogens is 353 g/mol. The first-order chi connectivity index (χ1) is 11.9.